The van der Waals surface area contributed by atoms with E-state index in [1.54, 1.807) is 62.3 Å². The molecule has 56 heavy (non-hydrogen) atoms. The van der Waals surface area contributed by atoms with Crippen LogP contribution in [0.4, 0.5) is 14.4 Å². The van der Waals surface area contributed by atoms with Crippen molar-refractivity contribution < 1.29 is 62.2 Å². The predicted octanol–water partition coefficient (Wildman–Crippen LogP) is 9.98. The Balaban J connectivity index is 0.000000301. The summed E-state index contributed by atoms with van der Waals surface area (Å²) in [4.78, 5) is 57.2. The molecule has 0 saturated heterocycles. The smallest absolute Gasteiger partial charge is 0.508 e. The van der Waals surface area contributed by atoms with Gasteiger partial charge in [0.25, 0.3) is 0 Å². The number of benzene rings is 4. The molecule has 1 N–H and O–H groups in total. The molecular formula is C43H50O13. The third-order valence-corrected chi connectivity index (χ3v) is 6.15. The van der Waals surface area contributed by atoms with E-state index in [1.165, 1.54) is 48.5 Å². The van der Waals surface area contributed by atoms with Crippen molar-refractivity contribution in [2.45, 2.75) is 92.3 Å². The van der Waals surface area contributed by atoms with E-state index in [4.69, 9.17) is 33.5 Å². The molecule has 0 unspecified atom stereocenters. The molecule has 0 fully saturated rings. The van der Waals surface area contributed by atoms with Crippen molar-refractivity contribution in [3.05, 3.63) is 131 Å². The lowest BCUT2D eigenvalue weighted by molar-refractivity contribution is -0.0295. The summed E-state index contributed by atoms with van der Waals surface area (Å²) in [7, 11) is 0. The summed E-state index contributed by atoms with van der Waals surface area (Å²) in [5.41, 5.74) is 0.646. The van der Waals surface area contributed by atoms with E-state index < -0.39 is 47.2 Å². The predicted molar refractivity (Wildman–Crippen MR) is 206 cm³/mol. The van der Waals surface area contributed by atoms with Crippen molar-refractivity contribution in [2.24, 2.45) is 0 Å². The Hall–Kier alpha value is -6.37. The van der Waals surface area contributed by atoms with Gasteiger partial charge < -0.3 is 38.3 Å². The number of phenolic OH excluding ortho intramolecular Hbond substituents is 1. The number of aromatic hydroxyl groups is 1. The molecular weight excluding hydrogens is 724 g/mol. The molecule has 4 rings (SSSR count). The van der Waals surface area contributed by atoms with Gasteiger partial charge in [-0.1, -0.05) is 60.7 Å². The van der Waals surface area contributed by atoms with Crippen molar-refractivity contribution in [1.82, 2.24) is 0 Å². The number of hydrogen-bond donors (Lipinski definition) is 1. The molecule has 0 bridgehead atoms. The Bertz CT molecular complexity index is 1810. The summed E-state index contributed by atoms with van der Waals surface area (Å²) in [5.74, 6) is -0.412. The Morgan fingerprint density at radius 1 is 0.464 bits per heavy atom. The van der Waals surface area contributed by atoms with Gasteiger partial charge in [-0.05, 0) is 122 Å². The van der Waals surface area contributed by atoms with Crippen LogP contribution in [-0.2, 0) is 41.6 Å². The van der Waals surface area contributed by atoms with Crippen molar-refractivity contribution in [1.29, 1.82) is 0 Å². The molecule has 0 atom stereocenters. The second-order valence-corrected chi connectivity index (χ2v) is 14.8. The first-order valence-electron chi connectivity index (χ1n) is 17.4. The molecule has 0 aromatic heterocycles. The van der Waals surface area contributed by atoms with Crippen LogP contribution in [0.2, 0.25) is 0 Å². The van der Waals surface area contributed by atoms with Crippen molar-refractivity contribution in [3.8, 4) is 11.5 Å². The van der Waals surface area contributed by atoms with Crippen LogP contribution < -0.4 is 4.74 Å². The van der Waals surface area contributed by atoms with Crippen LogP contribution in [0.25, 0.3) is 0 Å². The summed E-state index contributed by atoms with van der Waals surface area (Å²) in [6.07, 6.45) is -2.91. The van der Waals surface area contributed by atoms with Gasteiger partial charge >= 0.3 is 30.4 Å². The monoisotopic (exact) mass is 774 g/mol. The highest BCUT2D eigenvalue weighted by Gasteiger charge is 2.24. The summed E-state index contributed by atoms with van der Waals surface area (Å²) in [6, 6.07) is 31.0. The molecule has 4 aromatic carbocycles. The lowest BCUT2D eigenvalue weighted by Gasteiger charge is -2.20. The topological polar surface area (TPSA) is 170 Å². The van der Waals surface area contributed by atoms with Crippen LogP contribution in [0.3, 0.4) is 0 Å². The van der Waals surface area contributed by atoms with Gasteiger partial charge in [-0.2, -0.15) is 0 Å². The Kier molecular flexibility index (Phi) is 17.6. The molecule has 4 aromatic rings. The van der Waals surface area contributed by atoms with Gasteiger partial charge in [-0.25, -0.2) is 24.0 Å². The minimum Gasteiger partial charge on any atom is -0.508 e. The van der Waals surface area contributed by atoms with E-state index in [0.29, 0.717) is 16.9 Å². The van der Waals surface area contributed by atoms with Crippen molar-refractivity contribution in [3.63, 3.8) is 0 Å². The lowest BCUT2D eigenvalue weighted by Crippen LogP contribution is -2.29. The highest BCUT2D eigenvalue weighted by molar-refractivity contribution is 5.90. The van der Waals surface area contributed by atoms with Gasteiger partial charge in [0.15, 0.2) is 0 Å². The van der Waals surface area contributed by atoms with Gasteiger partial charge in [0.05, 0.1) is 11.1 Å². The fraction of sp³-hybridized carbons (Fsp3) is 0.326. The zero-order valence-corrected chi connectivity index (χ0v) is 33.2. The van der Waals surface area contributed by atoms with Gasteiger partial charge in [0.2, 0.25) is 0 Å². The summed E-state index contributed by atoms with van der Waals surface area (Å²) < 4.78 is 34.3. The first-order valence-corrected chi connectivity index (χ1v) is 17.4. The van der Waals surface area contributed by atoms with Gasteiger partial charge in [0.1, 0.15) is 41.5 Å². The van der Waals surface area contributed by atoms with Crippen molar-refractivity contribution >= 4 is 30.4 Å². The van der Waals surface area contributed by atoms with Crippen LogP contribution in [0.1, 0.15) is 94.2 Å². The van der Waals surface area contributed by atoms with Crippen LogP contribution in [0.15, 0.2) is 109 Å². The van der Waals surface area contributed by atoms with Crippen LogP contribution in [-0.4, -0.2) is 52.3 Å². The fourth-order valence-corrected chi connectivity index (χ4v) is 3.85. The summed E-state index contributed by atoms with van der Waals surface area (Å²) in [5, 5.41) is 9.09. The molecule has 0 aliphatic rings. The van der Waals surface area contributed by atoms with Crippen LogP contribution in [0, 0.1) is 0 Å². The molecule has 0 spiro atoms. The van der Waals surface area contributed by atoms with E-state index in [2.05, 4.69) is 4.74 Å². The molecule has 0 aliphatic carbocycles. The summed E-state index contributed by atoms with van der Waals surface area (Å²) >= 11 is 0. The molecule has 0 heterocycles. The van der Waals surface area contributed by atoms with Gasteiger partial charge in [-0.3, -0.25) is 0 Å². The minimum atomic E-state index is -1.06. The van der Waals surface area contributed by atoms with Gasteiger partial charge in [0, 0.05) is 0 Å². The zero-order chi connectivity index (χ0) is 41.9. The first-order chi connectivity index (χ1) is 26.1. The average Bonchev–Trinajstić information content (AvgIpc) is 3.09. The number of carbonyl (C=O) groups is 5. The molecule has 0 saturated carbocycles. The number of hydrogen-bond acceptors (Lipinski definition) is 13. The molecule has 300 valence electrons. The third kappa shape index (κ3) is 20.8. The Morgan fingerprint density at radius 3 is 1.16 bits per heavy atom. The SMILES string of the molecule is CC(C)(C)OC(=O)OC(=O)OC(C)(C)C.CC(C)(C)OC(=O)Oc1ccc(C(=O)OCc2ccccc2)cc1.O=C(OCc1ccccc1)c1ccc(O)cc1. The number of esters is 2. The highest BCUT2D eigenvalue weighted by Crippen LogP contribution is 2.17. The maximum atomic E-state index is 12.0. The normalized spacial score (nSPS) is 10.8. The zero-order valence-electron chi connectivity index (χ0n) is 33.2. The van der Waals surface area contributed by atoms with Crippen LogP contribution >= 0.6 is 0 Å². The molecule has 13 nitrogen and oxygen atoms in total. The average molecular weight is 775 g/mol. The quantitative estimate of drug-likeness (QED) is 0.0815. The maximum absolute atomic E-state index is 12.0. The highest BCUT2D eigenvalue weighted by atomic mass is 16.8. The second-order valence-electron chi connectivity index (χ2n) is 14.8. The molecule has 0 radical (unpaired) electrons. The van der Waals surface area contributed by atoms with E-state index in [0.717, 1.165) is 11.1 Å². The van der Waals surface area contributed by atoms with Crippen molar-refractivity contribution in [2.75, 3.05) is 0 Å². The lowest BCUT2D eigenvalue weighted by atomic mass is 10.2. The third-order valence-electron chi connectivity index (χ3n) is 6.15. The summed E-state index contributed by atoms with van der Waals surface area (Å²) in [6.45, 7) is 15.7. The number of carbonyl (C=O) groups excluding carboxylic acids is 5. The standard InChI is InChI=1S/C19H20O5.C14H12O3.C10H18O5/c1-19(2,3)24-18(21)23-16-11-9-15(10-12-16)17(20)22-13-14-7-5-4-6-8-14;15-13-8-6-12(7-9-13)14(16)17-10-11-4-2-1-3-5-11;1-9(2,3)14-7(11)13-8(12)15-10(4,5)6/h4-12H,13H2,1-3H3;1-9,15H,10H2;1-6H3. The maximum Gasteiger partial charge on any atom is 0.519 e. The number of ether oxygens (including phenoxy) is 7. The molecule has 0 aliphatic heterocycles. The van der Waals surface area contributed by atoms with Crippen LogP contribution in [0.5, 0.6) is 11.5 Å². The first kappa shape index (κ1) is 45.8. The number of rotatable bonds is 7. The largest absolute Gasteiger partial charge is 0.519 e. The van der Waals surface area contributed by atoms with E-state index in [9.17, 15) is 24.0 Å². The van der Waals surface area contributed by atoms with E-state index in [1.807, 2.05) is 60.7 Å². The number of phenols is 1. The molecule has 13 heteroatoms. The van der Waals surface area contributed by atoms with E-state index in [-0.39, 0.29) is 19.0 Å². The molecule has 0 amide bonds. The second kappa shape index (κ2) is 21.5. The van der Waals surface area contributed by atoms with Gasteiger partial charge in [-0.15, -0.1) is 0 Å². The van der Waals surface area contributed by atoms with E-state index >= 15 is 0 Å². The minimum absolute atomic E-state index is 0.129. The Labute approximate surface area is 327 Å². The Morgan fingerprint density at radius 2 is 0.804 bits per heavy atom. The fourth-order valence-electron chi connectivity index (χ4n) is 3.85.